The maximum Gasteiger partial charge on any atom is 0.307 e. The molecule has 0 aromatic heterocycles. The Balaban J connectivity index is 1.98. The Kier molecular flexibility index (Phi) is 6.16. The molecule has 0 saturated heterocycles. The number of hydrogen-bond donors (Lipinski definition) is 1. The van der Waals surface area contributed by atoms with Crippen LogP contribution in [0.15, 0.2) is 54.6 Å². The van der Waals surface area contributed by atoms with Gasteiger partial charge in [-0.1, -0.05) is 60.2 Å². The van der Waals surface area contributed by atoms with E-state index < -0.39 is 0 Å². The smallest absolute Gasteiger partial charge is 0.307 e. The third-order valence-electron chi connectivity index (χ3n) is 3.68. The second-order valence-corrected chi connectivity index (χ2v) is 5.53. The summed E-state index contributed by atoms with van der Waals surface area (Å²) in [5.74, 6) is -0.183. The molecule has 116 valence electrons. The van der Waals surface area contributed by atoms with E-state index in [1.165, 1.54) is 23.8 Å². The molecule has 0 bridgehead atoms. The molecule has 0 aliphatic carbocycles. The number of esters is 1. The monoisotopic (exact) mass is 297 g/mol. The summed E-state index contributed by atoms with van der Waals surface area (Å²) in [7, 11) is 1.43. The summed E-state index contributed by atoms with van der Waals surface area (Å²) < 4.78 is 4.81. The van der Waals surface area contributed by atoms with Gasteiger partial charge in [-0.25, -0.2) is 0 Å². The van der Waals surface area contributed by atoms with Crippen LogP contribution in [0.25, 0.3) is 0 Å². The number of methoxy groups -OCH3 is 1. The van der Waals surface area contributed by atoms with Crippen LogP contribution in [0.2, 0.25) is 0 Å². The molecule has 1 unspecified atom stereocenters. The van der Waals surface area contributed by atoms with Crippen molar-refractivity contribution in [3.8, 4) is 0 Å². The summed E-state index contributed by atoms with van der Waals surface area (Å²) in [6.45, 7) is 2.82. The number of hydrogen-bond acceptors (Lipinski definition) is 3. The first kappa shape index (κ1) is 16.2. The molecule has 0 saturated carbocycles. The molecule has 0 aliphatic rings. The second kappa shape index (κ2) is 8.35. The maximum atomic E-state index is 11.6. The standard InChI is InChI=1S/C19H23NO2/c1-15-8-10-16(11-9-15)12-18(13-19(21)22-2)20-14-17-6-4-3-5-7-17/h3-11,18,20H,12-14H2,1-2H3. The van der Waals surface area contributed by atoms with E-state index in [2.05, 4.69) is 48.6 Å². The number of carbonyl (C=O) groups excluding carboxylic acids is 1. The molecular formula is C19H23NO2. The molecule has 1 N–H and O–H groups in total. The third kappa shape index (κ3) is 5.34. The lowest BCUT2D eigenvalue weighted by atomic mass is 10.0. The van der Waals surface area contributed by atoms with Crippen molar-refractivity contribution in [3.63, 3.8) is 0 Å². The average Bonchev–Trinajstić information content (AvgIpc) is 2.55. The van der Waals surface area contributed by atoms with Crippen molar-refractivity contribution in [3.05, 3.63) is 71.3 Å². The van der Waals surface area contributed by atoms with E-state index in [9.17, 15) is 4.79 Å². The Hall–Kier alpha value is -2.13. The molecule has 0 spiro atoms. The van der Waals surface area contributed by atoms with E-state index in [1.807, 2.05) is 18.2 Å². The Labute approximate surface area is 132 Å². The van der Waals surface area contributed by atoms with Crippen LogP contribution in [-0.4, -0.2) is 19.1 Å². The minimum atomic E-state index is -0.183. The molecule has 0 amide bonds. The van der Waals surface area contributed by atoms with Crippen LogP contribution < -0.4 is 5.32 Å². The molecule has 22 heavy (non-hydrogen) atoms. The first-order valence-corrected chi connectivity index (χ1v) is 7.57. The van der Waals surface area contributed by atoms with Crippen molar-refractivity contribution in [2.24, 2.45) is 0 Å². The molecule has 0 fully saturated rings. The average molecular weight is 297 g/mol. The van der Waals surface area contributed by atoms with Crippen molar-refractivity contribution in [1.82, 2.24) is 5.32 Å². The maximum absolute atomic E-state index is 11.6. The van der Waals surface area contributed by atoms with E-state index in [4.69, 9.17) is 4.74 Å². The van der Waals surface area contributed by atoms with Crippen molar-refractivity contribution in [2.75, 3.05) is 7.11 Å². The van der Waals surface area contributed by atoms with Crippen LogP contribution in [0.3, 0.4) is 0 Å². The highest BCUT2D eigenvalue weighted by Crippen LogP contribution is 2.10. The van der Waals surface area contributed by atoms with Crippen molar-refractivity contribution < 1.29 is 9.53 Å². The molecule has 0 aliphatic heterocycles. The molecule has 2 aromatic carbocycles. The molecule has 2 rings (SSSR count). The van der Waals surface area contributed by atoms with Gasteiger partial charge in [0.05, 0.1) is 13.5 Å². The summed E-state index contributed by atoms with van der Waals surface area (Å²) in [5, 5.41) is 3.46. The fourth-order valence-corrected chi connectivity index (χ4v) is 2.37. The topological polar surface area (TPSA) is 38.3 Å². The van der Waals surface area contributed by atoms with Crippen molar-refractivity contribution >= 4 is 5.97 Å². The van der Waals surface area contributed by atoms with Crippen LogP contribution in [0.4, 0.5) is 0 Å². The quantitative estimate of drug-likeness (QED) is 0.797. The van der Waals surface area contributed by atoms with Gasteiger partial charge < -0.3 is 10.1 Å². The summed E-state index contributed by atoms with van der Waals surface area (Å²) >= 11 is 0. The molecule has 3 heteroatoms. The van der Waals surface area contributed by atoms with Gasteiger partial charge in [-0.05, 0) is 24.5 Å². The zero-order valence-electron chi connectivity index (χ0n) is 13.2. The fraction of sp³-hybridized carbons (Fsp3) is 0.316. The van der Waals surface area contributed by atoms with Crippen LogP contribution in [0.1, 0.15) is 23.1 Å². The highest BCUT2D eigenvalue weighted by Gasteiger charge is 2.14. The Morgan fingerprint density at radius 2 is 1.73 bits per heavy atom. The number of aryl methyl sites for hydroxylation is 1. The zero-order valence-corrected chi connectivity index (χ0v) is 13.2. The van der Waals surface area contributed by atoms with Crippen molar-refractivity contribution in [1.29, 1.82) is 0 Å². The predicted octanol–water partition coefficient (Wildman–Crippen LogP) is 3.26. The second-order valence-electron chi connectivity index (χ2n) is 5.53. The van der Waals surface area contributed by atoms with Crippen molar-refractivity contribution in [2.45, 2.75) is 32.4 Å². The van der Waals surface area contributed by atoms with Gasteiger partial charge in [-0.15, -0.1) is 0 Å². The van der Waals surface area contributed by atoms with Crippen LogP contribution in [0, 0.1) is 6.92 Å². The highest BCUT2D eigenvalue weighted by atomic mass is 16.5. The molecule has 3 nitrogen and oxygen atoms in total. The minimum absolute atomic E-state index is 0.0652. The fourth-order valence-electron chi connectivity index (χ4n) is 2.37. The van der Waals surface area contributed by atoms with Gasteiger partial charge in [0.25, 0.3) is 0 Å². The normalized spacial score (nSPS) is 11.9. The summed E-state index contributed by atoms with van der Waals surface area (Å²) in [5.41, 5.74) is 3.67. The van der Waals surface area contributed by atoms with E-state index >= 15 is 0 Å². The lowest BCUT2D eigenvalue weighted by molar-refractivity contribution is -0.141. The van der Waals surface area contributed by atoms with Crippen LogP contribution >= 0.6 is 0 Å². The number of carbonyl (C=O) groups is 1. The Morgan fingerprint density at radius 1 is 1.05 bits per heavy atom. The first-order chi connectivity index (χ1) is 10.7. The van der Waals surface area contributed by atoms with E-state index in [0.29, 0.717) is 6.42 Å². The summed E-state index contributed by atoms with van der Waals surface area (Å²) in [6, 6.07) is 18.7. The third-order valence-corrected chi connectivity index (χ3v) is 3.68. The van der Waals surface area contributed by atoms with E-state index in [-0.39, 0.29) is 12.0 Å². The Bertz CT molecular complexity index is 578. The van der Waals surface area contributed by atoms with Gasteiger partial charge in [0, 0.05) is 12.6 Å². The van der Waals surface area contributed by atoms with Gasteiger partial charge in [-0.2, -0.15) is 0 Å². The van der Waals surface area contributed by atoms with E-state index in [0.717, 1.165) is 13.0 Å². The van der Waals surface area contributed by atoms with Gasteiger partial charge in [0.15, 0.2) is 0 Å². The number of ether oxygens (including phenoxy) is 1. The number of benzene rings is 2. The number of rotatable bonds is 7. The lowest BCUT2D eigenvalue weighted by Gasteiger charge is -2.18. The van der Waals surface area contributed by atoms with Crippen LogP contribution in [-0.2, 0) is 22.5 Å². The highest BCUT2D eigenvalue weighted by molar-refractivity contribution is 5.70. The van der Waals surface area contributed by atoms with Crippen LogP contribution in [0.5, 0.6) is 0 Å². The number of nitrogens with one attached hydrogen (secondary N) is 1. The minimum Gasteiger partial charge on any atom is -0.469 e. The summed E-state index contributed by atoms with van der Waals surface area (Å²) in [6.07, 6.45) is 1.18. The zero-order chi connectivity index (χ0) is 15.8. The largest absolute Gasteiger partial charge is 0.469 e. The molecule has 0 heterocycles. The van der Waals surface area contributed by atoms with Gasteiger partial charge >= 0.3 is 5.97 Å². The molecular weight excluding hydrogens is 274 g/mol. The molecule has 1 atom stereocenters. The van der Waals surface area contributed by atoms with Gasteiger partial charge in [-0.3, -0.25) is 4.79 Å². The Morgan fingerprint density at radius 3 is 2.36 bits per heavy atom. The molecule has 0 radical (unpaired) electrons. The van der Waals surface area contributed by atoms with E-state index in [1.54, 1.807) is 0 Å². The summed E-state index contributed by atoms with van der Waals surface area (Å²) in [4.78, 5) is 11.6. The lowest BCUT2D eigenvalue weighted by Crippen LogP contribution is -2.33. The van der Waals surface area contributed by atoms with Gasteiger partial charge in [0.1, 0.15) is 0 Å². The SMILES string of the molecule is COC(=O)CC(Cc1ccc(C)cc1)NCc1ccccc1. The predicted molar refractivity (Wildman–Crippen MR) is 88.6 cm³/mol. The molecule has 2 aromatic rings. The van der Waals surface area contributed by atoms with Gasteiger partial charge in [0.2, 0.25) is 0 Å². The first-order valence-electron chi connectivity index (χ1n) is 7.57.